The van der Waals surface area contributed by atoms with Crippen molar-refractivity contribution in [3.05, 3.63) is 33.8 Å². The lowest BCUT2D eigenvalue weighted by atomic mass is 10.2. The van der Waals surface area contributed by atoms with Crippen LogP contribution in [0.25, 0.3) is 0 Å². The van der Waals surface area contributed by atoms with Gasteiger partial charge in [-0.25, -0.2) is 0 Å². The predicted molar refractivity (Wildman–Crippen MR) is 86.6 cm³/mol. The summed E-state index contributed by atoms with van der Waals surface area (Å²) >= 11 is 3.03. The highest BCUT2D eigenvalue weighted by Crippen LogP contribution is 2.46. The van der Waals surface area contributed by atoms with E-state index in [1.54, 1.807) is 24.0 Å². The standard InChI is InChI=1S/C15H17BrF3N5O/c1-23-6-4-10(21-23)8-20-11(25)5-7-24-13(9-2-3-9)12(16)14(22-24)15(17,18)19/h4,6,9H,2-3,5,7-8H2,1H3,(H,20,25). The topological polar surface area (TPSA) is 64.7 Å². The molecule has 3 rings (SSSR count). The van der Waals surface area contributed by atoms with Gasteiger partial charge in [0.05, 0.1) is 29.0 Å². The first-order valence-electron chi connectivity index (χ1n) is 7.84. The van der Waals surface area contributed by atoms with E-state index >= 15 is 0 Å². The Labute approximate surface area is 150 Å². The molecule has 2 aromatic rings. The lowest BCUT2D eigenvalue weighted by Gasteiger charge is -2.07. The van der Waals surface area contributed by atoms with Crippen LogP contribution in [0.2, 0.25) is 0 Å². The van der Waals surface area contributed by atoms with Crippen molar-refractivity contribution in [3.63, 3.8) is 0 Å². The van der Waals surface area contributed by atoms with Crippen LogP contribution in [0, 0.1) is 0 Å². The predicted octanol–water partition coefficient (Wildman–Crippen LogP) is 2.98. The number of hydrogen-bond acceptors (Lipinski definition) is 3. The number of hydrogen-bond donors (Lipinski definition) is 1. The van der Waals surface area contributed by atoms with Crippen LogP contribution >= 0.6 is 15.9 Å². The summed E-state index contributed by atoms with van der Waals surface area (Å²) < 4.78 is 42.1. The number of alkyl halides is 3. The van der Waals surface area contributed by atoms with Crippen molar-refractivity contribution in [3.8, 4) is 0 Å². The van der Waals surface area contributed by atoms with Gasteiger partial charge >= 0.3 is 6.18 Å². The second-order valence-electron chi connectivity index (χ2n) is 6.05. The maximum absolute atomic E-state index is 13.0. The average molecular weight is 420 g/mol. The van der Waals surface area contributed by atoms with Crippen molar-refractivity contribution < 1.29 is 18.0 Å². The fourth-order valence-electron chi connectivity index (χ4n) is 2.59. The fourth-order valence-corrected chi connectivity index (χ4v) is 3.43. The molecule has 1 fully saturated rings. The molecule has 0 aliphatic heterocycles. The van der Waals surface area contributed by atoms with Crippen LogP contribution < -0.4 is 5.32 Å². The largest absolute Gasteiger partial charge is 0.436 e. The van der Waals surface area contributed by atoms with Gasteiger partial charge in [-0.05, 0) is 34.8 Å². The number of nitrogens with zero attached hydrogens (tertiary/aromatic N) is 4. The van der Waals surface area contributed by atoms with Crippen LogP contribution in [0.4, 0.5) is 13.2 Å². The lowest BCUT2D eigenvalue weighted by Crippen LogP contribution is -2.24. The minimum atomic E-state index is -4.52. The van der Waals surface area contributed by atoms with Gasteiger partial charge < -0.3 is 5.32 Å². The van der Waals surface area contributed by atoms with Gasteiger partial charge in [0.25, 0.3) is 0 Å². The van der Waals surface area contributed by atoms with Crippen molar-refractivity contribution in [1.82, 2.24) is 24.9 Å². The van der Waals surface area contributed by atoms with Crippen LogP contribution in [0.15, 0.2) is 16.7 Å². The molecule has 1 aliphatic carbocycles. The van der Waals surface area contributed by atoms with Crippen LogP contribution in [0.5, 0.6) is 0 Å². The summed E-state index contributed by atoms with van der Waals surface area (Å²) in [6.45, 7) is 0.389. The van der Waals surface area contributed by atoms with Gasteiger partial charge in [-0.2, -0.15) is 23.4 Å². The minimum Gasteiger partial charge on any atom is -0.350 e. The summed E-state index contributed by atoms with van der Waals surface area (Å²) in [6, 6.07) is 1.78. The van der Waals surface area contributed by atoms with E-state index in [4.69, 9.17) is 0 Å². The first-order chi connectivity index (χ1) is 11.8. The third-order valence-corrected chi connectivity index (χ3v) is 4.73. The minimum absolute atomic E-state index is 0.00334. The molecule has 25 heavy (non-hydrogen) atoms. The van der Waals surface area contributed by atoms with E-state index in [1.165, 1.54) is 4.68 Å². The van der Waals surface area contributed by atoms with E-state index in [1.807, 2.05) is 0 Å². The van der Waals surface area contributed by atoms with E-state index in [2.05, 4.69) is 31.4 Å². The van der Waals surface area contributed by atoms with Crippen LogP contribution in [0.1, 0.15) is 42.3 Å². The molecule has 1 saturated carbocycles. The molecular formula is C15H17BrF3N5O. The van der Waals surface area contributed by atoms with Crippen molar-refractivity contribution in [1.29, 1.82) is 0 Å². The quantitative estimate of drug-likeness (QED) is 0.782. The highest BCUT2D eigenvalue weighted by atomic mass is 79.9. The number of aromatic nitrogens is 4. The molecule has 6 nitrogen and oxygen atoms in total. The van der Waals surface area contributed by atoms with Gasteiger partial charge in [-0.3, -0.25) is 14.2 Å². The van der Waals surface area contributed by atoms with Gasteiger partial charge in [-0.15, -0.1) is 0 Å². The zero-order valence-electron chi connectivity index (χ0n) is 13.5. The molecule has 0 bridgehead atoms. The molecule has 2 aromatic heterocycles. The number of aryl methyl sites for hydroxylation is 2. The molecule has 0 saturated heterocycles. The van der Waals surface area contributed by atoms with Gasteiger partial charge in [0.15, 0.2) is 5.69 Å². The van der Waals surface area contributed by atoms with Gasteiger partial charge in [0, 0.05) is 25.6 Å². The number of nitrogens with one attached hydrogen (secondary N) is 1. The Balaban J connectivity index is 1.63. The fraction of sp³-hybridized carbons (Fsp3) is 0.533. The van der Waals surface area contributed by atoms with Crippen LogP contribution in [-0.2, 0) is 31.1 Å². The molecule has 1 aliphatic rings. The Morgan fingerprint density at radius 2 is 2.12 bits per heavy atom. The van der Waals surface area contributed by atoms with Gasteiger partial charge in [0.1, 0.15) is 0 Å². The average Bonchev–Trinajstić information content (AvgIpc) is 3.18. The molecule has 2 heterocycles. The van der Waals surface area contributed by atoms with E-state index in [0.29, 0.717) is 5.69 Å². The summed E-state index contributed by atoms with van der Waals surface area (Å²) in [5, 5.41) is 10.5. The summed E-state index contributed by atoms with van der Waals surface area (Å²) in [4.78, 5) is 12.0. The maximum atomic E-state index is 13.0. The molecule has 0 aromatic carbocycles. The summed E-state index contributed by atoms with van der Waals surface area (Å²) in [5.41, 5.74) is 0.323. The molecular weight excluding hydrogens is 403 g/mol. The molecule has 0 unspecified atom stereocenters. The molecule has 1 amide bonds. The summed E-state index contributed by atoms with van der Waals surface area (Å²) in [6.07, 6.45) is -1.02. The molecule has 136 valence electrons. The van der Waals surface area contributed by atoms with E-state index in [0.717, 1.165) is 18.5 Å². The molecule has 10 heteroatoms. The zero-order chi connectivity index (χ0) is 18.2. The normalized spacial score (nSPS) is 14.8. The van der Waals surface area contributed by atoms with Crippen molar-refractivity contribution >= 4 is 21.8 Å². The van der Waals surface area contributed by atoms with Gasteiger partial charge in [-0.1, -0.05) is 0 Å². The second-order valence-corrected chi connectivity index (χ2v) is 6.84. The Hall–Kier alpha value is -1.84. The highest BCUT2D eigenvalue weighted by molar-refractivity contribution is 9.10. The first-order valence-corrected chi connectivity index (χ1v) is 8.63. The molecule has 0 atom stereocenters. The number of amides is 1. The molecule has 0 radical (unpaired) electrons. The number of carbonyl (C=O) groups is 1. The van der Waals surface area contributed by atoms with E-state index in [-0.39, 0.29) is 35.8 Å². The van der Waals surface area contributed by atoms with Gasteiger partial charge in [0.2, 0.25) is 5.91 Å². The number of rotatable bonds is 6. The third kappa shape index (κ3) is 4.23. The number of carbonyl (C=O) groups excluding carboxylic acids is 1. The van der Waals surface area contributed by atoms with Crippen LogP contribution in [-0.4, -0.2) is 25.5 Å². The molecule has 0 spiro atoms. The Bertz CT molecular complexity index is 779. The monoisotopic (exact) mass is 419 g/mol. The third-order valence-electron chi connectivity index (χ3n) is 3.95. The second kappa shape index (κ2) is 6.81. The van der Waals surface area contributed by atoms with E-state index in [9.17, 15) is 18.0 Å². The Morgan fingerprint density at radius 1 is 1.40 bits per heavy atom. The first kappa shape index (κ1) is 18.0. The summed E-state index contributed by atoms with van der Waals surface area (Å²) in [7, 11) is 1.78. The number of halogens is 4. The van der Waals surface area contributed by atoms with E-state index < -0.39 is 11.9 Å². The maximum Gasteiger partial charge on any atom is 0.436 e. The van der Waals surface area contributed by atoms with Crippen molar-refractivity contribution in [2.45, 2.75) is 44.4 Å². The summed E-state index contributed by atoms with van der Waals surface area (Å²) in [5.74, 6) is -0.179. The van der Waals surface area contributed by atoms with Crippen LogP contribution in [0.3, 0.4) is 0 Å². The SMILES string of the molecule is Cn1ccc(CNC(=O)CCn2nc(C(F)(F)F)c(Br)c2C2CC2)n1. The highest BCUT2D eigenvalue weighted by Gasteiger charge is 2.41. The lowest BCUT2D eigenvalue weighted by molar-refractivity contribution is -0.142. The Kier molecular flexibility index (Phi) is 4.90. The zero-order valence-corrected chi connectivity index (χ0v) is 15.1. The Morgan fingerprint density at radius 3 is 2.68 bits per heavy atom. The van der Waals surface area contributed by atoms with Crippen molar-refractivity contribution in [2.24, 2.45) is 7.05 Å². The molecule has 1 N–H and O–H groups in total. The van der Waals surface area contributed by atoms with Crippen molar-refractivity contribution in [2.75, 3.05) is 0 Å². The smallest absolute Gasteiger partial charge is 0.350 e.